The van der Waals surface area contributed by atoms with Crippen molar-refractivity contribution in [2.75, 3.05) is 10.6 Å². The predicted molar refractivity (Wildman–Crippen MR) is 119 cm³/mol. The zero-order valence-electron chi connectivity index (χ0n) is 16.6. The molecule has 0 aliphatic carbocycles. The first-order chi connectivity index (χ1) is 13.4. The number of hydrogen-bond acceptors (Lipinski definition) is 2. The summed E-state index contributed by atoms with van der Waals surface area (Å²) in [5.74, 6) is -0.149. The van der Waals surface area contributed by atoms with Crippen molar-refractivity contribution >= 4 is 29.0 Å². The van der Waals surface area contributed by atoms with E-state index < -0.39 is 0 Å². The number of anilines is 3. The summed E-state index contributed by atoms with van der Waals surface area (Å²) in [6, 6.07) is 25.9. The number of hydrogen-bond donors (Lipinski definition) is 2. The summed E-state index contributed by atoms with van der Waals surface area (Å²) < 4.78 is 0. The number of nitrogens with one attached hydrogen (secondary N) is 2. The molecule has 2 N–H and O–H groups in total. The van der Waals surface area contributed by atoms with Gasteiger partial charge in [0.2, 0.25) is 5.91 Å². The highest BCUT2D eigenvalue weighted by molar-refractivity contribution is 6.02. The van der Waals surface area contributed by atoms with E-state index in [9.17, 15) is 4.79 Å². The van der Waals surface area contributed by atoms with Crippen molar-refractivity contribution in [1.29, 1.82) is 0 Å². The van der Waals surface area contributed by atoms with E-state index in [1.165, 1.54) is 5.56 Å². The first-order valence-corrected chi connectivity index (χ1v) is 9.42. The first-order valence-electron chi connectivity index (χ1n) is 9.42. The van der Waals surface area contributed by atoms with Gasteiger partial charge in [0.05, 0.1) is 0 Å². The van der Waals surface area contributed by atoms with Crippen molar-refractivity contribution in [1.82, 2.24) is 0 Å². The summed E-state index contributed by atoms with van der Waals surface area (Å²) in [7, 11) is 0. The van der Waals surface area contributed by atoms with Gasteiger partial charge in [-0.05, 0) is 59.0 Å². The molecule has 1 amide bonds. The summed E-state index contributed by atoms with van der Waals surface area (Å²) in [6.07, 6.45) is 3.38. The highest BCUT2D eigenvalue weighted by atomic mass is 16.1. The molecule has 0 aliphatic heterocycles. The van der Waals surface area contributed by atoms with Crippen molar-refractivity contribution in [2.45, 2.75) is 26.2 Å². The third-order valence-corrected chi connectivity index (χ3v) is 4.42. The number of amides is 1. The van der Waals surface area contributed by atoms with Crippen LogP contribution in [-0.4, -0.2) is 5.91 Å². The highest BCUT2D eigenvalue weighted by Crippen LogP contribution is 2.22. The fourth-order valence-electron chi connectivity index (χ4n) is 2.78. The van der Waals surface area contributed by atoms with Gasteiger partial charge in [0.25, 0.3) is 0 Å². The van der Waals surface area contributed by atoms with Crippen molar-refractivity contribution in [3.05, 3.63) is 96.1 Å². The molecule has 0 unspecified atom stereocenters. The first kappa shape index (κ1) is 19.4. The molecule has 0 saturated carbocycles. The maximum atomic E-state index is 12.2. The summed E-state index contributed by atoms with van der Waals surface area (Å²) in [5.41, 5.74) is 5.17. The Morgan fingerprint density at radius 1 is 0.750 bits per heavy atom. The molecule has 142 valence electrons. The molecule has 28 heavy (non-hydrogen) atoms. The van der Waals surface area contributed by atoms with Gasteiger partial charge in [0.15, 0.2) is 0 Å². The molecule has 3 nitrogen and oxygen atoms in total. The molecule has 3 heteroatoms. The summed E-state index contributed by atoms with van der Waals surface area (Å²) in [5, 5.41) is 6.20. The minimum atomic E-state index is -0.149. The Labute approximate surface area is 167 Å². The molecule has 0 heterocycles. The van der Waals surface area contributed by atoms with Gasteiger partial charge in [-0.15, -0.1) is 0 Å². The summed E-state index contributed by atoms with van der Waals surface area (Å²) in [6.45, 7) is 6.56. The smallest absolute Gasteiger partial charge is 0.248 e. The second-order valence-electron chi connectivity index (χ2n) is 7.76. The Kier molecular flexibility index (Phi) is 5.95. The van der Waals surface area contributed by atoms with Crippen molar-refractivity contribution in [3.63, 3.8) is 0 Å². The molecule has 3 aromatic rings. The Morgan fingerprint density at radius 3 is 1.93 bits per heavy atom. The zero-order valence-corrected chi connectivity index (χ0v) is 16.6. The van der Waals surface area contributed by atoms with Gasteiger partial charge in [0, 0.05) is 23.1 Å². The van der Waals surface area contributed by atoms with Gasteiger partial charge in [-0.2, -0.15) is 0 Å². The van der Waals surface area contributed by atoms with E-state index in [0.717, 1.165) is 22.6 Å². The van der Waals surface area contributed by atoms with Crippen LogP contribution in [0.3, 0.4) is 0 Å². The van der Waals surface area contributed by atoms with Crippen LogP contribution in [0.5, 0.6) is 0 Å². The van der Waals surface area contributed by atoms with Crippen LogP contribution < -0.4 is 10.6 Å². The van der Waals surface area contributed by atoms with Crippen LogP contribution in [0.25, 0.3) is 6.08 Å². The predicted octanol–water partition coefficient (Wildman–Crippen LogP) is 6.38. The van der Waals surface area contributed by atoms with Crippen LogP contribution >= 0.6 is 0 Å². The van der Waals surface area contributed by atoms with Crippen LogP contribution in [0.2, 0.25) is 0 Å². The normalized spacial score (nSPS) is 11.4. The van der Waals surface area contributed by atoms with E-state index in [-0.39, 0.29) is 11.3 Å². The standard InChI is InChI=1S/C25H26N2O/c1-25(2,3)20-12-9-19(10-13-20)11-18-24(28)27-23-16-14-22(15-17-23)26-21-7-5-4-6-8-21/h4-18,26H,1-3H3,(H,27,28)/b18-11+. The molecule has 0 saturated heterocycles. The summed E-state index contributed by atoms with van der Waals surface area (Å²) in [4.78, 5) is 12.2. The SMILES string of the molecule is CC(C)(C)c1ccc(/C=C/C(=O)Nc2ccc(Nc3ccccc3)cc2)cc1. The average Bonchev–Trinajstić information content (AvgIpc) is 2.68. The van der Waals surface area contributed by atoms with Crippen LogP contribution in [0.15, 0.2) is 84.9 Å². The lowest BCUT2D eigenvalue weighted by molar-refractivity contribution is -0.111. The van der Waals surface area contributed by atoms with Crippen LogP contribution in [-0.2, 0) is 10.2 Å². The lowest BCUT2D eigenvalue weighted by Crippen LogP contribution is -2.10. The second-order valence-corrected chi connectivity index (χ2v) is 7.76. The maximum Gasteiger partial charge on any atom is 0.248 e. The molecule has 0 bridgehead atoms. The monoisotopic (exact) mass is 370 g/mol. The Morgan fingerprint density at radius 2 is 1.32 bits per heavy atom. The lowest BCUT2D eigenvalue weighted by Gasteiger charge is -2.18. The third kappa shape index (κ3) is 5.58. The quantitative estimate of drug-likeness (QED) is 0.512. The van der Waals surface area contributed by atoms with E-state index in [1.54, 1.807) is 6.08 Å². The van der Waals surface area contributed by atoms with Crippen LogP contribution in [0.4, 0.5) is 17.1 Å². The maximum absolute atomic E-state index is 12.2. The van der Waals surface area contributed by atoms with Crippen molar-refractivity contribution in [2.24, 2.45) is 0 Å². The zero-order chi connectivity index (χ0) is 20.0. The van der Waals surface area contributed by atoms with Gasteiger partial charge < -0.3 is 10.6 Å². The average molecular weight is 370 g/mol. The fraction of sp³-hybridized carbons (Fsp3) is 0.160. The highest BCUT2D eigenvalue weighted by Gasteiger charge is 2.12. The molecular weight excluding hydrogens is 344 g/mol. The van der Waals surface area contributed by atoms with Gasteiger partial charge in [-0.1, -0.05) is 63.2 Å². The number of carbonyl (C=O) groups excluding carboxylic acids is 1. The van der Waals surface area contributed by atoms with Crippen molar-refractivity contribution < 1.29 is 4.79 Å². The Balaban J connectivity index is 1.56. The molecule has 0 aromatic heterocycles. The molecule has 3 rings (SSSR count). The molecule has 0 aliphatic rings. The van der Waals surface area contributed by atoms with Crippen molar-refractivity contribution in [3.8, 4) is 0 Å². The van der Waals surface area contributed by atoms with E-state index in [4.69, 9.17) is 0 Å². The number of rotatable bonds is 5. The number of benzene rings is 3. The molecule has 0 atom stereocenters. The third-order valence-electron chi connectivity index (χ3n) is 4.42. The van der Waals surface area contributed by atoms with Crippen LogP contribution in [0, 0.1) is 0 Å². The Hall–Kier alpha value is -3.33. The van der Waals surface area contributed by atoms with E-state index in [2.05, 4.69) is 43.5 Å². The molecule has 3 aromatic carbocycles. The van der Waals surface area contributed by atoms with Crippen LogP contribution in [0.1, 0.15) is 31.9 Å². The van der Waals surface area contributed by atoms with Gasteiger partial charge in [-0.3, -0.25) is 4.79 Å². The van der Waals surface area contributed by atoms with Gasteiger partial charge in [-0.25, -0.2) is 0 Å². The largest absolute Gasteiger partial charge is 0.356 e. The Bertz CT molecular complexity index is 935. The molecular formula is C25H26N2O. The molecule has 0 spiro atoms. The number of carbonyl (C=O) groups is 1. The van der Waals surface area contributed by atoms with Gasteiger partial charge in [0.1, 0.15) is 0 Å². The minimum Gasteiger partial charge on any atom is -0.356 e. The molecule has 0 radical (unpaired) electrons. The number of para-hydroxylation sites is 1. The van der Waals surface area contributed by atoms with E-state index in [0.29, 0.717) is 0 Å². The van der Waals surface area contributed by atoms with E-state index >= 15 is 0 Å². The van der Waals surface area contributed by atoms with Gasteiger partial charge >= 0.3 is 0 Å². The lowest BCUT2D eigenvalue weighted by atomic mass is 9.87. The fourth-order valence-corrected chi connectivity index (χ4v) is 2.78. The molecule has 0 fully saturated rings. The second kappa shape index (κ2) is 8.57. The summed E-state index contributed by atoms with van der Waals surface area (Å²) >= 11 is 0. The van der Waals surface area contributed by atoms with E-state index in [1.807, 2.05) is 72.8 Å². The topological polar surface area (TPSA) is 41.1 Å². The minimum absolute atomic E-state index is 0.126.